The van der Waals surface area contributed by atoms with Crippen LogP contribution >= 0.6 is 0 Å². The molecule has 0 aromatic heterocycles. The van der Waals surface area contributed by atoms with Gasteiger partial charge in [0, 0.05) is 5.92 Å². The van der Waals surface area contributed by atoms with Crippen molar-refractivity contribution in [3.05, 3.63) is 0 Å². The zero-order chi connectivity index (χ0) is 13.7. The molecule has 2 amide bonds. The van der Waals surface area contributed by atoms with Gasteiger partial charge in [0.1, 0.15) is 0 Å². The molecule has 0 radical (unpaired) electrons. The molecule has 2 saturated carbocycles. The zero-order valence-corrected chi connectivity index (χ0v) is 11.6. The molecule has 0 spiro atoms. The van der Waals surface area contributed by atoms with Crippen LogP contribution in [0.15, 0.2) is 0 Å². The van der Waals surface area contributed by atoms with Crippen LogP contribution in [0.3, 0.4) is 0 Å². The Balaban J connectivity index is 1.75. The van der Waals surface area contributed by atoms with E-state index in [1.54, 1.807) is 6.92 Å². The van der Waals surface area contributed by atoms with Crippen molar-refractivity contribution in [2.75, 3.05) is 6.61 Å². The summed E-state index contributed by atoms with van der Waals surface area (Å²) in [6.07, 6.45) is 7.72. The number of nitrogens with one attached hydrogen (secondary N) is 2. The van der Waals surface area contributed by atoms with Gasteiger partial charge in [-0.2, -0.15) is 0 Å². The van der Waals surface area contributed by atoms with Crippen molar-refractivity contribution in [3.63, 3.8) is 0 Å². The Bertz CT molecular complexity index is 333. The van der Waals surface area contributed by atoms with Gasteiger partial charge in [0.15, 0.2) is 0 Å². The Morgan fingerprint density at radius 1 is 1.05 bits per heavy atom. The lowest BCUT2D eigenvalue weighted by molar-refractivity contribution is -0.128. The highest BCUT2D eigenvalue weighted by molar-refractivity contribution is 5.81. The summed E-state index contributed by atoms with van der Waals surface area (Å²) in [4.78, 5) is 23.1. The van der Waals surface area contributed by atoms with Crippen LogP contribution in [-0.2, 0) is 9.53 Å². The van der Waals surface area contributed by atoms with Crippen molar-refractivity contribution in [3.8, 4) is 0 Å². The summed E-state index contributed by atoms with van der Waals surface area (Å²) < 4.78 is 4.70. The number of carbonyl (C=O) groups is 2. The third-order valence-corrected chi connectivity index (χ3v) is 4.47. The van der Waals surface area contributed by atoms with Gasteiger partial charge in [-0.05, 0) is 38.0 Å². The standard InChI is InChI=1S/C14H24N2O3/c1-2-19-14(18)16-15-13(17)12-8-7-10-5-3-4-6-11(10)9-12/h10-12H,2-9H2,1H3,(H,15,17)(H,16,18)/t10-,11+,12+/m0/s1. The molecule has 2 N–H and O–H groups in total. The number of hydrogen-bond donors (Lipinski definition) is 2. The first-order valence-electron chi connectivity index (χ1n) is 7.43. The molecule has 5 nitrogen and oxygen atoms in total. The lowest BCUT2D eigenvalue weighted by atomic mass is 9.67. The van der Waals surface area contributed by atoms with Crippen molar-refractivity contribution in [1.82, 2.24) is 10.9 Å². The molecule has 2 fully saturated rings. The molecule has 2 aliphatic carbocycles. The third-order valence-electron chi connectivity index (χ3n) is 4.47. The van der Waals surface area contributed by atoms with E-state index < -0.39 is 6.09 Å². The number of fused-ring (bicyclic) bond motifs is 1. The Labute approximate surface area is 114 Å². The van der Waals surface area contributed by atoms with Crippen molar-refractivity contribution in [1.29, 1.82) is 0 Å². The average molecular weight is 268 g/mol. The van der Waals surface area contributed by atoms with Crippen molar-refractivity contribution >= 4 is 12.0 Å². The van der Waals surface area contributed by atoms with Gasteiger partial charge >= 0.3 is 6.09 Å². The first kappa shape index (κ1) is 14.2. The van der Waals surface area contributed by atoms with E-state index in [4.69, 9.17) is 4.74 Å². The topological polar surface area (TPSA) is 67.4 Å². The van der Waals surface area contributed by atoms with Gasteiger partial charge in [0.05, 0.1) is 6.61 Å². The minimum absolute atomic E-state index is 0.0428. The second kappa shape index (κ2) is 6.78. The Morgan fingerprint density at radius 3 is 2.53 bits per heavy atom. The highest BCUT2D eigenvalue weighted by Crippen LogP contribution is 2.42. The fraction of sp³-hybridized carbons (Fsp3) is 0.857. The lowest BCUT2D eigenvalue weighted by Gasteiger charge is -2.38. The SMILES string of the molecule is CCOC(=O)NNC(=O)[C@@H]1CC[C@@H]2CCCC[C@@H]2C1. The van der Waals surface area contributed by atoms with E-state index in [1.165, 1.54) is 25.7 Å². The second-order valence-corrected chi connectivity index (χ2v) is 5.65. The third kappa shape index (κ3) is 3.85. The predicted molar refractivity (Wildman–Crippen MR) is 71.1 cm³/mol. The molecule has 19 heavy (non-hydrogen) atoms. The first-order chi connectivity index (χ1) is 9.20. The molecular weight excluding hydrogens is 244 g/mol. The van der Waals surface area contributed by atoms with Crippen LogP contribution < -0.4 is 10.9 Å². The largest absolute Gasteiger partial charge is 0.449 e. The molecular formula is C14H24N2O3. The molecule has 108 valence electrons. The molecule has 2 aliphatic rings. The Morgan fingerprint density at radius 2 is 1.79 bits per heavy atom. The molecule has 5 heteroatoms. The van der Waals surface area contributed by atoms with Gasteiger partial charge in [-0.25, -0.2) is 10.2 Å². The van der Waals surface area contributed by atoms with Crippen LogP contribution in [0.25, 0.3) is 0 Å². The predicted octanol–water partition coefficient (Wildman–Crippen LogP) is 2.37. The van der Waals surface area contributed by atoms with Gasteiger partial charge in [0.25, 0.3) is 0 Å². The van der Waals surface area contributed by atoms with Gasteiger partial charge < -0.3 is 4.74 Å². The van der Waals surface area contributed by atoms with Gasteiger partial charge in [0.2, 0.25) is 5.91 Å². The Kier molecular flexibility index (Phi) is 5.05. The van der Waals surface area contributed by atoms with Gasteiger partial charge in [-0.15, -0.1) is 0 Å². The average Bonchev–Trinajstić information content (AvgIpc) is 2.44. The normalized spacial score (nSPS) is 30.1. The quantitative estimate of drug-likeness (QED) is 0.755. The summed E-state index contributed by atoms with van der Waals surface area (Å²) in [6.45, 7) is 2.03. The molecule has 0 bridgehead atoms. The Hall–Kier alpha value is -1.26. The second-order valence-electron chi connectivity index (χ2n) is 5.65. The smallest absolute Gasteiger partial charge is 0.426 e. The van der Waals surface area contributed by atoms with Crippen LogP contribution in [0.1, 0.15) is 51.9 Å². The summed E-state index contributed by atoms with van der Waals surface area (Å²) >= 11 is 0. The number of ether oxygens (including phenoxy) is 1. The molecule has 0 aromatic rings. The maximum absolute atomic E-state index is 12.0. The highest BCUT2D eigenvalue weighted by Gasteiger charge is 2.35. The fourth-order valence-electron chi connectivity index (χ4n) is 3.49. The van der Waals surface area contributed by atoms with Crippen LogP contribution in [0.4, 0.5) is 4.79 Å². The summed E-state index contributed by atoms with van der Waals surface area (Å²) in [7, 11) is 0. The first-order valence-corrected chi connectivity index (χ1v) is 7.43. The van der Waals surface area contributed by atoms with E-state index in [0.717, 1.165) is 25.2 Å². The number of hydrazine groups is 1. The van der Waals surface area contributed by atoms with Crippen LogP contribution in [0.2, 0.25) is 0 Å². The van der Waals surface area contributed by atoms with Gasteiger partial charge in [-0.1, -0.05) is 25.7 Å². The molecule has 0 unspecified atom stereocenters. The van der Waals surface area contributed by atoms with E-state index in [9.17, 15) is 9.59 Å². The number of rotatable bonds is 2. The fourth-order valence-corrected chi connectivity index (χ4v) is 3.49. The van der Waals surface area contributed by atoms with E-state index >= 15 is 0 Å². The van der Waals surface area contributed by atoms with Gasteiger partial charge in [-0.3, -0.25) is 10.2 Å². The van der Waals surface area contributed by atoms with E-state index in [0.29, 0.717) is 12.5 Å². The highest BCUT2D eigenvalue weighted by atomic mass is 16.5. The number of hydrogen-bond acceptors (Lipinski definition) is 3. The van der Waals surface area contributed by atoms with E-state index in [2.05, 4.69) is 10.9 Å². The van der Waals surface area contributed by atoms with Crippen molar-refractivity contribution < 1.29 is 14.3 Å². The minimum atomic E-state index is -0.595. The molecule has 0 aromatic carbocycles. The zero-order valence-electron chi connectivity index (χ0n) is 11.6. The number of carbonyl (C=O) groups excluding carboxylic acids is 2. The molecule has 0 saturated heterocycles. The summed E-state index contributed by atoms with van der Waals surface area (Å²) in [6, 6.07) is 0. The lowest BCUT2D eigenvalue weighted by Crippen LogP contribution is -2.46. The van der Waals surface area contributed by atoms with Crippen LogP contribution in [-0.4, -0.2) is 18.6 Å². The molecule has 3 atom stereocenters. The maximum atomic E-state index is 12.0. The monoisotopic (exact) mass is 268 g/mol. The maximum Gasteiger partial charge on any atom is 0.426 e. The minimum Gasteiger partial charge on any atom is -0.449 e. The summed E-state index contributed by atoms with van der Waals surface area (Å²) in [5, 5.41) is 0. The molecule has 0 heterocycles. The van der Waals surface area contributed by atoms with Crippen molar-refractivity contribution in [2.24, 2.45) is 17.8 Å². The van der Waals surface area contributed by atoms with E-state index in [1.807, 2.05) is 0 Å². The van der Waals surface area contributed by atoms with Crippen LogP contribution in [0, 0.1) is 17.8 Å². The summed E-state index contributed by atoms with van der Waals surface area (Å²) in [5.74, 6) is 1.51. The summed E-state index contributed by atoms with van der Waals surface area (Å²) in [5.41, 5.74) is 4.76. The van der Waals surface area contributed by atoms with Crippen molar-refractivity contribution in [2.45, 2.75) is 51.9 Å². The molecule has 0 aliphatic heterocycles. The number of amides is 2. The van der Waals surface area contributed by atoms with Crippen LogP contribution in [0.5, 0.6) is 0 Å². The molecule has 2 rings (SSSR count). The van der Waals surface area contributed by atoms with E-state index in [-0.39, 0.29) is 11.8 Å².